The Bertz CT molecular complexity index is 525. The molecule has 1 rings (SSSR count). The van der Waals surface area contributed by atoms with Gasteiger partial charge < -0.3 is 4.74 Å². The van der Waals surface area contributed by atoms with E-state index in [2.05, 4.69) is 9.84 Å². The molecule has 6 nitrogen and oxygen atoms in total. The van der Waals surface area contributed by atoms with E-state index < -0.39 is 11.5 Å². The van der Waals surface area contributed by atoms with Crippen LogP contribution < -0.4 is 5.56 Å². The van der Waals surface area contributed by atoms with Crippen molar-refractivity contribution in [1.29, 1.82) is 5.26 Å². The third-order valence-corrected chi connectivity index (χ3v) is 2.26. The highest BCUT2D eigenvalue weighted by Crippen LogP contribution is 2.04. The zero-order chi connectivity index (χ0) is 12.3. The standard InChI is InChI=1S/C10H11N3O3/c1-6-7(2)12-13(5-9(14)16-3)10(15)8(6)4-11/h5H2,1-3H3. The molecule has 0 saturated heterocycles. The molecule has 1 aromatic rings. The first-order chi connectivity index (χ1) is 7.51. The van der Waals surface area contributed by atoms with Gasteiger partial charge in [0.2, 0.25) is 0 Å². The van der Waals surface area contributed by atoms with Gasteiger partial charge in [0, 0.05) is 0 Å². The lowest BCUT2D eigenvalue weighted by Crippen LogP contribution is -2.30. The summed E-state index contributed by atoms with van der Waals surface area (Å²) in [6.45, 7) is 3.03. The molecule has 0 atom stereocenters. The molecular weight excluding hydrogens is 210 g/mol. The van der Waals surface area contributed by atoms with Gasteiger partial charge in [-0.3, -0.25) is 9.59 Å². The summed E-state index contributed by atoms with van der Waals surface area (Å²) >= 11 is 0. The summed E-state index contributed by atoms with van der Waals surface area (Å²) in [6, 6.07) is 1.81. The molecular formula is C10H11N3O3. The van der Waals surface area contributed by atoms with Crippen LogP contribution in [0.5, 0.6) is 0 Å². The van der Waals surface area contributed by atoms with Crippen LogP contribution in [0.15, 0.2) is 4.79 Å². The van der Waals surface area contributed by atoms with Crippen molar-refractivity contribution in [2.24, 2.45) is 0 Å². The van der Waals surface area contributed by atoms with E-state index in [9.17, 15) is 9.59 Å². The summed E-state index contributed by atoms with van der Waals surface area (Å²) in [6.07, 6.45) is 0. The number of aromatic nitrogens is 2. The number of aryl methyl sites for hydroxylation is 1. The van der Waals surface area contributed by atoms with Crippen molar-refractivity contribution in [3.05, 3.63) is 27.2 Å². The average Bonchev–Trinajstić information content (AvgIpc) is 2.26. The fraction of sp³-hybridized carbons (Fsp3) is 0.400. The highest BCUT2D eigenvalue weighted by molar-refractivity contribution is 5.68. The maximum Gasteiger partial charge on any atom is 0.327 e. The predicted molar refractivity (Wildman–Crippen MR) is 54.7 cm³/mol. The Morgan fingerprint density at radius 3 is 2.69 bits per heavy atom. The summed E-state index contributed by atoms with van der Waals surface area (Å²) in [5.74, 6) is -0.582. The molecule has 0 fully saturated rings. The van der Waals surface area contributed by atoms with Crippen molar-refractivity contribution < 1.29 is 9.53 Å². The zero-order valence-electron chi connectivity index (χ0n) is 9.27. The number of methoxy groups -OCH3 is 1. The number of nitriles is 1. The van der Waals surface area contributed by atoms with Crippen LogP contribution in [0.4, 0.5) is 0 Å². The van der Waals surface area contributed by atoms with E-state index in [-0.39, 0.29) is 12.1 Å². The first kappa shape index (κ1) is 11.9. The SMILES string of the molecule is COC(=O)Cn1nc(C)c(C)c(C#N)c1=O. The smallest absolute Gasteiger partial charge is 0.327 e. The van der Waals surface area contributed by atoms with E-state index in [1.165, 1.54) is 7.11 Å². The van der Waals surface area contributed by atoms with E-state index in [1.54, 1.807) is 13.8 Å². The quantitative estimate of drug-likeness (QED) is 0.651. The van der Waals surface area contributed by atoms with Gasteiger partial charge in [-0.15, -0.1) is 0 Å². The van der Waals surface area contributed by atoms with Crippen molar-refractivity contribution in [3.8, 4) is 6.07 Å². The molecule has 1 heterocycles. The van der Waals surface area contributed by atoms with Crippen LogP contribution in [-0.4, -0.2) is 22.9 Å². The second-order valence-electron chi connectivity index (χ2n) is 3.24. The monoisotopic (exact) mass is 221 g/mol. The fourth-order valence-corrected chi connectivity index (χ4v) is 1.20. The summed E-state index contributed by atoms with van der Waals surface area (Å²) < 4.78 is 5.37. The number of nitrogens with zero attached hydrogens (tertiary/aromatic N) is 3. The minimum absolute atomic E-state index is 0.0106. The van der Waals surface area contributed by atoms with Gasteiger partial charge in [-0.05, 0) is 19.4 Å². The number of hydrogen-bond donors (Lipinski definition) is 0. The van der Waals surface area contributed by atoms with Crippen LogP contribution in [0.25, 0.3) is 0 Å². The molecule has 1 aromatic heterocycles. The minimum atomic E-state index is -0.582. The Morgan fingerprint density at radius 1 is 1.56 bits per heavy atom. The van der Waals surface area contributed by atoms with Crippen molar-refractivity contribution in [2.45, 2.75) is 20.4 Å². The zero-order valence-corrected chi connectivity index (χ0v) is 9.27. The number of esters is 1. The van der Waals surface area contributed by atoms with Gasteiger partial charge in [0.15, 0.2) is 0 Å². The topological polar surface area (TPSA) is 85.0 Å². The molecule has 0 saturated carbocycles. The van der Waals surface area contributed by atoms with Crippen LogP contribution in [0, 0.1) is 25.2 Å². The van der Waals surface area contributed by atoms with Crippen LogP contribution in [0.3, 0.4) is 0 Å². The van der Waals surface area contributed by atoms with Crippen molar-refractivity contribution in [2.75, 3.05) is 7.11 Å². The van der Waals surface area contributed by atoms with E-state index >= 15 is 0 Å². The normalized spacial score (nSPS) is 9.62. The highest BCUT2D eigenvalue weighted by Gasteiger charge is 2.13. The molecule has 0 N–H and O–H groups in total. The predicted octanol–water partition coefficient (Wildman–Crippen LogP) is -0.0952. The van der Waals surface area contributed by atoms with Crippen molar-refractivity contribution in [3.63, 3.8) is 0 Å². The first-order valence-corrected chi connectivity index (χ1v) is 4.56. The van der Waals surface area contributed by atoms with E-state index in [1.807, 2.05) is 6.07 Å². The molecule has 6 heteroatoms. The number of hydrogen-bond acceptors (Lipinski definition) is 5. The van der Waals surface area contributed by atoms with Crippen molar-refractivity contribution in [1.82, 2.24) is 9.78 Å². The maximum absolute atomic E-state index is 11.7. The van der Waals surface area contributed by atoms with E-state index in [0.717, 1.165) is 4.68 Å². The Morgan fingerprint density at radius 2 is 2.19 bits per heavy atom. The molecule has 0 bridgehead atoms. The number of carbonyl (C=O) groups excluding carboxylic acids is 1. The highest BCUT2D eigenvalue weighted by atomic mass is 16.5. The van der Waals surface area contributed by atoms with Crippen molar-refractivity contribution >= 4 is 5.97 Å². The van der Waals surface area contributed by atoms with Gasteiger partial charge in [0.1, 0.15) is 18.2 Å². The van der Waals surface area contributed by atoms with Crippen LogP contribution >= 0.6 is 0 Å². The molecule has 0 spiro atoms. The van der Waals surface area contributed by atoms with E-state index in [0.29, 0.717) is 11.3 Å². The Labute approximate surface area is 92.1 Å². The number of carbonyl (C=O) groups is 1. The molecule has 0 unspecified atom stereocenters. The lowest BCUT2D eigenvalue weighted by Gasteiger charge is -2.07. The second kappa shape index (κ2) is 4.57. The van der Waals surface area contributed by atoms with Gasteiger partial charge >= 0.3 is 5.97 Å². The molecule has 0 aliphatic heterocycles. The Hall–Kier alpha value is -2.16. The van der Waals surface area contributed by atoms with Gasteiger partial charge in [0.25, 0.3) is 5.56 Å². The van der Waals surface area contributed by atoms with Gasteiger partial charge in [-0.1, -0.05) is 0 Å². The van der Waals surface area contributed by atoms with Crippen LogP contribution in [-0.2, 0) is 16.1 Å². The molecule has 84 valence electrons. The molecule has 0 aliphatic rings. The molecule has 0 radical (unpaired) electrons. The van der Waals surface area contributed by atoms with E-state index in [4.69, 9.17) is 5.26 Å². The third-order valence-electron chi connectivity index (χ3n) is 2.26. The van der Waals surface area contributed by atoms with Gasteiger partial charge in [-0.25, -0.2) is 4.68 Å². The molecule has 16 heavy (non-hydrogen) atoms. The maximum atomic E-state index is 11.7. The average molecular weight is 221 g/mol. The second-order valence-corrected chi connectivity index (χ2v) is 3.24. The summed E-state index contributed by atoms with van der Waals surface area (Å²) in [4.78, 5) is 22.7. The van der Waals surface area contributed by atoms with Gasteiger partial charge in [0.05, 0.1) is 12.8 Å². The number of ether oxygens (including phenoxy) is 1. The first-order valence-electron chi connectivity index (χ1n) is 4.56. The molecule has 0 amide bonds. The number of rotatable bonds is 2. The summed E-state index contributed by atoms with van der Waals surface area (Å²) in [5.41, 5.74) is 0.515. The fourth-order valence-electron chi connectivity index (χ4n) is 1.20. The summed E-state index contributed by atoms with van der Waals surface area (Å²) in [5, 5.41) is 12.8. The summed E-state index contributed by atoms with van der Waals surface area (Å²) in [7, 11) is 1.22. The lowest BCUT2D eigenvalue weighted by atomic mass is 10.1. The lowest BCUT2D eigenvalue weighted by molar-refractivity contribution is -0.141. The van der Waals surface area contributed by atoms with Gasteiger partial charge in [-0.2, -0.15) is 10.4 Å². The van der Waals surface area contributed by atoms with Crippen LogP contribution in [0.1, 0.15) is 16.8 Å². The third kappa shape index (κ3) is 2.08. The largest absolute Gasteiger partial charge is 0.468 e. The Balaban J connectivity index is 3.34. The Kier molecular flexibility index (Phi) is 3.40. The molecule has 0 aromatic carbocycles. The van der Waals surface area contributed by atoms with Crippen LogP contribution in [0.2, 0.25) is 0 Å². The molecule has 0 aliphatic carbocycles. The minimum Gasteiger partial charge on any atom is -0.468 e.